The number of hydrogen-bond acceptors (Lipinski definition) is 6. The van der Waals surface area contributed by atoms with E-state index >= 15 is 0 Å². The standard InChI is InChI=1S/C14H20N4O2S/c1-9(2)7-16-14-17-12(15)11(21-14)13(19)18(3)8-10-5-4-6-20-10/h4-6,9H,7-8,15H2,1-3H3,(H,16,17). The summed E-state index contributed by atoms with van der Waals surface area (Å²) in [6.07, 6.45) is 1.59. The van der Waals surface area contributed by atoms with Gasteiger partial charge in [-0.25, -0.2) is 4.98 Å². The van der Waals surface area contributed by atoms with Gasteiger partial charge in [-0.3, -0.25) is 4.79 Å². The van der Waals surface area contributed by atoms with E-state index in [4.69, 9.17) is 10.2 Å². The number of aromatic nitrogens is 1. The number of thiazole rings is 1. The Hall–Kier alpha value is -2.02. The van der Waals surface area contributed by atoms with E-state index in [-0.39, 0.29) is 11.7 Å². The quantitative estimate of drug-likeness (QED) is 0.857. The molecular weight excluding hydrogens is 288 g/mol. The fourth-order valence-electron chi connectivity index (χ4n) is 1.73. The summed E-state index contributed by atoms with van der Waals surface area (Å²) in [6, 6.07) is 3.62. The molecule has 2 aromatic rings. The molecule has 0 saturated carbocycles. The molecule has 21 heavy (non-hydrogen) atoms. The van der Waals surface area contributed by atoms with Gasteiger partial charge < -0.3 is 20.4 Å². The molecule has 6 nitrogen and oxygen atoms in total. The van der Waals surface area contributed by atoms with Gasteiger partial charge in [0.1, 0.15) is 16.5 Å². The van der Waals surface area contributed by atoms with E-state index in [0.29, 0.717) is 22.5 Å². The SMILES string of the molecule is CC(C)CNc1nc(N)c(C(=O)N(C)Cc2ccco2)s1. The molecule has 0 aliphatic heterocycles. The molecule has 0 aliphatic carbocycles. The van der Waals surface area contributed by atoms with Gasteiger partial charge in [-0.05, 0) is 18.1 Å². The summed E-state index contributed by atoms with van der Waals surface area (Å²) < 4.78 is 5.24. The Morgan fingerprint density at radius 1 is 1.57 bits per heavy atom. The maximum Gasteiger partial charge on any atom is 0.268 e. The number of nitrogen functional groups attached to an aromatic ring is 1. The van der Waals surface area contributed by atoms with Crippen LogP contribution in [0.4, 0.5) is 10.9 Å². The van der Waals surface area contributed by atoms with Gasteiger partial charge in [-0.2, -0.15) is 0 Å². The molecule has 2 rings (SSSR count). The van der Waals surface area contributed by atoms with E-state index in [9.17, 15) is 4.79 Å². The summed E-state index contributed by atoms with van der Waals surface area (Å²) in [6.45, 7) is 5.40. The molecule has 0 radical (unpaired) electrons. The lowest BCUT2D eigenvalue weighted by atomic mass is 10.2. The molecular formula is C14H20N4O2S. The number of anilines is 2. The second-order valence-corrected chi connectivity index (χ2v) is 6.25. The van der Waals surface area contributed by atoms with Crippen molar-refractivity contribution in [1.29, 1.82) is 0 Å². The summed E-state index contributed by atoms with van der Waals surface area (Å²) >= 11 is 1.28. The van der Waals surface area contributed by atoms with Crippen LogP contribution < -0.4 is 11.1 Å². The maximum atomic E-state index is 12.4. The number of rotatable bonds is 6. The van der Waals surface area contributed by atoms with E-state index < -0.39 is 0 Å². The first-order valence-electron chi connectivity index (χ1n) is 6.75. The van der Waals surface area contributed by atoms with Crippen molar-refractivity contribution in [3.63, 3.8) is 0 Å². The highest BCUT2D eigenvalue weighted by Crippen LogP contribution is 2.26. The van der Waals surface area contributed by atoms with E-state index in [0.717, 1.165) is 12.3 Å². The molecule has 2 aromatic heterocycles. The molecule has 0 aliphatic rings. The zero-order valence-electron chi connectivity index (χ0n) is 12.4. The van der Waals surface area contributed by atoms with Crippen LogP contribution in [0.1, 0.15) is 29.3 Å². The lowest BCUT2D eigenvalue weighted by Gasteiger charge is -2.14. The molecule has 0 fully saturated rings. The monoisotopic (exact) mass is 308 g/mol. The van der Waals surface area contributed by atoms with Gasteiger partial charge in [0.25, 0.3) is 5.91 Å². The number of hydrogen-bond donors (Lipinski definition) is 2. The van der Waals surface area contributed by atoms with E-state index in [1.807, 2.05) is 6.07 Å². The molecule has 0 atom stereocenters. The van der Waals surface area contributed by atoms with Crippen molar-refractivity contribution in [3.8, 4) is 0 Å². The number of carbonyl (C=O) groups excluding carboxylic acids is 1. The molecule has 3 N–H and O–H groups in total. The predicted octanol–water partition coefficient (Wildman–Crippen LogP) is 2.66. The Morgan fingerprint density at radius 2 is 2.33 bits per heavy atom. The summed E-state index contributed by atoms with van der Waals surface area (Å²) in [7, 11) is 1.71. The Balaban J connectivity index is 2.04. The second kappa shape index (κ2) is 6.62. The first-order valence-corrected chi connectivity index (χ1v) is 7.57. The van der Waals surface area contributed by atoms with Crippen molar-refractivity contribution >= 4 is 28.2 Å². The lowest BCUT2D eigenvalue weighted by molar-refractivity contribution is 0.0781. The van der Waals surface area contributed by atoms with Crippen molar-refractivity contribution < 1.29 is 9.21 Å². The Labute approximate surface area is 128 Å². The number of amides is 1. The van der Waals surface area contributed by atoms with Crippen molar-refractivity contribution in [1.82, 2.24) is 9.88 Å². The van der Waals surface area contributed by atoms with E-state index in [1.54, 1.807) is 24.3 Å². The molecule has 7 heteroatoms. The van der Waals surface area contributed by atoms with Crippen LogP contribution in [0.3, 0.4) is 0 Å². The minimum Gasteiger partial charge on any atom is -0.467 e. The van der Waals surface area contributed by atoms with Crippen LogP contribution in [-0.4, -0.2) is 29.4 Å². The van der Waals surface area contributed by atoms with Gasteiger partial charge in [-0.15, -0.1) is 0 Å². The molecule has 2 heterocycles. The van der Waals surface area contributed by atoms with Crippen molar-refractivity contribution in [2.75, 3.05) is 24.6 Å². The second-order valence-electron chi connectivity index (χ2n) is 5.25. The topological polar surface area (TPSA) is 84.4 Å². The average Bonchev–Trinajstić information content (AvgIpc) is 3.05. The Bertz CT molecular complexity index is 592. The fourth-order valence-corrected chi connectivity index (χ4v) is 2.62. The fraction of sp³-hybridized carbons (Fsp3) is 0.429. The van der Waals surface area contributed by atoms with Crippen LogP contribution in [0.15, 0.2) is 22.8 Å². The number of nitrogens with one attached hydrogen (secondary N) is 1. The molecule has 0 saturated heterocycles. The van der Waals surface area contributed by atoms with Crippen molar-refractivity contribution in [3.05, 3.63) is 29.0 Å². The highest BCUT2D eigenvalue weighted by atomic mass is 32.1. The summed E-state index contributed by atoms with van der Waals surface area (Å²) in [5.74, 6) is 1.34. The van der Waals surface area contributed by atoms with Gasteiger partial charge >= 0.3 is 0 Å². The minimum atomic E-state index is -0.154. The third kappa shape index (κ3) is 3.98. The highest BCUT2D eigenvalue weighted by Gasteiger charge is 2.20. The highest BCUT2D eigenvalue weighted by molar-refractivity contribution is 7.18. The largest absolute Gasteiger partial charge is 0.467 e. The minimum absolute atomic E-state index is 0.154. The van der Waals surface area contributed by atoms with Crippen molar-refractivity contribution in [2.24, 2.45) is 5.92 Å². The van der Waals surface area contributed by atoms with E-state index in [2.05, 4.69) is 24.1 Å². The third-order valence-corrected chi connectivity index (χ3v) is 3.85. The van der Waals surface area contributed by atoms with Crippen LogP contribution in [0.2, 0.25) is 0 Å². The Morgan fingerprint density at radius 3 is 2.95 bits per heavy atom. The molecule has 1 amide bonds. The molecule has 114 valence electrons. The maximum absolute atomic E-state index is 12.4. The van der Waals surface area contributed by atoms with Gasteiger partial charge in [0.05, 0.1) is 12.8 Å². The van der Waals surface area contributed by atoms with Crippen LogP contribution in [0.25, 0.3) is 0 Å². The zero-order valence-corrected chi connectivity index (χ0v) is 13.2. The smallest absolute Gasteiger partial charge is 0.268 e. The number of nitrogens with two attached hydrogens (primary N) is 1. The molecule has 0 unspecified atom stereocenters. The van der Waals surface area contributed by atoms with Crippen LogP contribution in [0.5, 0.6) is 0 Å². The van der Waals surface area contributed by atoms with Gasteiger partial charge in [-0.1, -0.05) is 25.2 Å². The number of carbonyl (C=O) groups is 1. The average molecular weight is 308 g/mol. The first-order chi connectivity index (χ1) is 9.97. The van der Waals surface area contributed by atoms with Gasteiger partial charge in [0, 0.05) is 13.6 Å². The normalized spacial score (nSPS) is 10.9. The summed E-state index contributed by atoms with van der Waals surface area (Å²) in [5, 5.41) is 3.86. The molecule has 0 spiro atoms. The van der Waals surface area contributed by atoms with Crippen LogP contribution in [-0.2, 0) is 6.54 Å². The van der Waals surface area contributed by atoms with Gasteiger partial charge in [0.2, 0.25) is 0 Å². The lowest BCUT2D eigenvalue weighted by Crippen LogP contribution is -2.25. The van der Waals surface area contributed by atoms with Crippen LogP contribution >= 0.6 is 11.3 Å². The van der Waals surface area contributed by atoms with E-state index in [1.165, 1.54) is 11.3 Å². The number of furan rings is 1. The van der Waals surface area contributed by atoms with Crippen molar-refractivity contribution in [2.45, 2.75) is 20.4 Å². The third-order valence-electron chi connectivity index (χ3n) is 2.83. The predicted molar refractivity (Wildman–Crippen MR) is 84.4 cm³/mol. The molecule has 0 bridgehead atoms. The first kappa shape index (κ1) is 15.4. The van der Waals surface area contributed by atoms with Gasteiger partial charge in [0.15, 0.2) is 5.13 Å². The van der Waals surface area contributed by atoms with Crippen LogP contribution in [0, 0.1) is 5.92 Å². The number of nitrogens with zero attached hydrogens (tertiary/aromatic N) is 2. The summed E-state index contributed by atoms with van der Waals surface area (Å²) in [4.78, 5) is 18.6. The zero-order chi connectivity index (χ0) is 15.4. The summed E-state index contributed by atoms with van der Waals surface area (Å²) in [5.41, 5.74) is 5.85. The molecule has 0 aromatic carbocycles. The Kier molecular flexibility index (Phi) is 4.85.